The quantitative estimate of drug-likeness (QED) is 0.449. The second kappa shape index (κ2) is 9.67. The number of hydrogen-bond acceptors (Lipinski definition) is 8. The van der Waals surface area contributed by atoms with Crippen LogP contribution in [0.5, 0.6) is 0 Å². The van der Waals surface area contributed by atoms with Gasteiger partial charge in [0.25, 0.3) is 0 Å². The standard InChI is InChI=1S/C24H29N7O2.K/c1-24(2)13-15-14-25-23(27-19(15)21-18(24)20(22(32)33)28-30(21)4)26-16-5-7-17(8-6-16)31-11-9-29(3)10-12-31;/h5-8,14H,9-13H2,1-4H3,(H,32,33)(H,25,26,27);/q;+1/p-1. The van der Waals surface area contributed by atoms with Gasteiger partial charge < -0.3 is 25.0 Å². The number of carboxylic acid groups (broad SMARTS) is 1. The molecule has 1 fully saturated rings. The summed E-state index contributed by atoms with van der Waals surface area (Å²) < 4.78 is 1.59. The molecule has 3 heterocycles. The van der Waals surface area contributed by atoms with Crippen LogP contribution in [0.1, 0.15) is 35.5 Å². The van der Waals surface area contributed by atoms with E-state index in [1.807, 2.05) is 32.2 Å². The predicted molar refractivity (Wildman–Crippen MR) is 125 cm³/mol. The molecule has 0 atom stereocenters. The fourth-order valence-corrected chi connectivity index (χ4v) is 4.89. The predicted octanol–water partition coefficient (Wildman–Crippen LogP) is -1.43. The number of carboxylic acids is 1. The summed E-state index contributed by atoms with van der Waals surface area (Å²) in [6, 6.07) is 8.28. The largest absolute Gasteiger partial charge is 1.00 e. The molecule has 3 aromatic rings. The first-order valence-electron chi connectivity index (χ1n) is 11.2. The van der Waals surface area contributed by atoms with E-state index >= 15 is 0 Å². The summed E-state index contributed by atoms with van der Waals surface area (Å²) in [4.78, 5) is 25.7. The van der Waals surface area contributed by atoms with E-state index in [2.05, 4.69) is 44.4 Å². The van der Waals surface area contributed by atoms with Gasteiger partial charge >= 0.3 is 51.4 Å². The number of aromatic nitrogens is 4. The van der Waals surface area contributed by atoms with Crippen molar-refractivity contribution in [2.75, 3.05) is 43.4 Å². The Balaban J connectivity index is 0.00000274. The monoisotopic (exact) mass is 485 g/mol. The van der Waals surface area contributed by atoms with Crippen molar-refractivity contribution in [3.8, 4) is 11.4 Å². The molecule has 0 saturated carbocycles. The number of aromatic carboxylic acids is 1. The van der Waals surface area contributed by atoms with Crippen LogP contribution in [0.25, 0.3) is 11.4 Å². The maximum Gasteiger partial charge on any atom is 1.00 e. The van der Waals surface area contributed by atoms with Crippen molar-refractivity contribution < 1.29 is 61.3 Å². The zero-order chi connectivity index (χ0) is 23.3. The number of hydrogen-bond donors (Lipinski definition) is 1. The molecular formula is C24H28KN7O2. The molecule has 0 unspecified atom stereocenters. The van der Waals surface area contributed by atoms with Crippen molar-refractivity contribution in [2.45, 2.75) is 25.7 Å². The van der Waals surface area contributed by atoms with Crippen LogP contribution < -0.4 is 66.7 Å². The van der Waals surface area contributed by atoms with Gasteiger partial charge in [0.1, 0.15) is 5.69 Å². The van der Waals surface area contributed by atoms with Crippen molar-refractivity contribution in [3.05, 3.63) is 47.3 Å². The van der Waals surface area contributed by atoms with Gasteiger partial charge in [0.05, 0.1) is 17.4 Å². The molecular weight excluding hydrogens is 457 g/mol. The zero-order valence-corrected chi connectivity index (χ0v) is 23.5. The molecule has 0 amide bonds. The summed E-state index contributed by atoms with van der Waals surface area (Å²) in [7, 11) is 3.89. The van der Waals surface area contributed by atoms with Gasteiger partial charge in [-0.3, -0.25) is 4.68 Å². The topological polar surface area (TPSA) is 102 Å². The van der Waals surface area contributed by atoms with Crippen molar-refractivity contribution in [2.24, 2.45) is 7.05 Å². The average molecular weight is 486 g/mol. The van der Waals surface area contributed by atoms with Gasteiger partial charge in [-0.15, -0.1) is 0 Å². The van der Waals surface area contributed by atoms with Gasteiger partial charge in [-0.2, -0.15) is 5.10 Å². The van der Waals surface area contributed by atoms with Gasteiger partial charge in [-0.1, -0.05) is 13.8 Å². The first-order chi connectivity index (χ1) is 15.7. The summed E-state index contributed by atoms with van der Waals surface area (Å²) in [5.41, 5.74) is 4.71. The molecule has 0 radical (unpaired) electrons. The molecule has 1 aliphatic carbocycles. The second-order valence-electron chi connectivity index (χ2n) is 9.57. The number of nitrogens with one attached hydrogen (secondary N) is 1. The molecule has 1 aliphatic heterocycles. The summed E-state index contributed by atoms with van der Waals surface area (Å²) in [5, 5.41) is 19.2. The Morgan fingerprint density at radius 3 is 2.41 bits per heavy atom. The van der Waals surface area contributed by atoms with Gasteiger partial charge in [0, 0.05) is 56.4 Å². The number of piperazine rings is 1. The van der Waals surface area contributed by atoms with E-state index in [9.17, 15) is 9.90 Å². The number of benzene rings is 1. The van der Waals surface area contributed by atoms with Crippen LogP contribution in [-0.2, 0) is 18.9 Å². The number of fused-ring (bicyclic) bond motifs is 3. The second-order valence-corrected chi connectivity index (χ2v) is 9.57. The third kappa shape index (κ3) is 4.67. The molecule has 1 N–H and O–H groups in total. The maximum absolute atomic E-state index is 11.7. The molecule has 1 saturated heterocycles. The molecule has 9 nitrogen and oxygen atoms in total. The molecule has 0 bridgehead atoms. The number of nitrogens with zero attached hydrogens (tertiary/aromatic N) is 6. The van der Waals surface area contributed by atoms with Crippen LogP contribution in [0.4, 0.5) is 17.3 Å². The number of anilines is 3. The first-order valence-corrected chi connectivity index (χ1v) is 11.2. The SMILES string of the molecule is CN1CCN(c2ccc(Nc3ncc4c(n3)-c3c(c(C(=O)[O-])nn3C)C(C)(C)C4)cc2)CC1.[K+]. The van der Waals surface area contributed by atoms with Gasteiger partial charge in [-0.05, 0) is 48.7 Å². The number of carbonyl (C=O) groups excluding carboxylic acids is 1. The molecule has 10 heteroatoms. The third-order valence-corrected chi connectivity index (χ3v) is 6.63. The molecule has 34 heavy (non-hydrogen) atoms. The summed E-state index contributed by atoms with van der Waals surface area (Å²) in [6.45, 7) is 8.20. The van der Waals surface area contributed by atoms with Crippen LogP contribution in [0.2, 0.25) is 0 Å². The van der Waals surface area contributed by atoms with Gasteiger partial charge in [0.2, 0.25) is 5.95 Å². The number of aryl methyl sites for hydroxylation is 1. The summed E-state index contributed by atoms with van der Waals surface area (Å²) in [6.07, 6.45) is 2.45. The first kappa shape index (κ1) is 25.3. The van der Waals surface area contributed by atoms with Crippen molar-refractivity contribution in [3.63, 3.8) is 0 Å². The Morgan fingerprint density at radius 2 is 1.76 bits per heavy atom. The minimum atomic E-state index is -1.27. The third-order valence-electron chi connectivity index (χ3n) is 6.63. The Kier molecular flexibility index (Phi) is 7.19. The Morgan fingerprint density at radius 1 is 1.09 bits per heavy atom. The van der Waals surface area contributed by atoms with E-state index in [1.165, 1.54) is 5.69 Å². The molecule has 5 rings (SSSR count). The normalized spacial score (nSPS) is 16.9. The van der Waals surface area contributed by atoms with Gasteiger partial charge in [0.15, 0.2) is 0 Å². The average Bonchev–Trinajstić information content (AvgIpc) is 3.14. The van der Waals surface area contributed by atoms with Crippen LogP contribution in [0, 0.1) is 0 Å². The molecule has 172 valence electrons. The Labute approximate surface area is 242 Å². The fraction of sp³-hybridized carbons (Fsp3) is 0.417. The molecule has 2 aliphatic rings. The number of carbonyl (C=O) groups is 1. The van der Waals surface area contributed by atoms with Crippen molar-refractivity contribution >= 4 is 23.3 Å². The molecule has 1 aromatic carbocycles. The van der Waals surface area contributed by atoms with Gasteiger partial charge in [-0.25, -0.2) is 9.97 Å². The van der Waals surface area contributed by atoms with E-state index in [1.54, 1.807) is 11.7 Å². The van der Waals surface area contributed by atoms with Crippen LogP contribution in [0.3, 0.4) is 0 Å². The van der Waals surface area contributed by atoms with Crippen LogP contribution >= 0.6 is 0 Å². The fourth-order valence-electron chi connectivity index (χ4n) is 4.89. The minimum Gasteiger partial charge on any atom is -0.543 e. The molecule has 0 spiro atoms. The smallest absolute Gasteiger partial charge is 0.543 e. The van der Waals surface area contributed by atoms with E-state index in [4.69, 9.17) is 4.98 Å². The summed E-state index contributed by atoms with van der Waals surface area (Å²) in [5.74, 6) is -0.806. The molecule has 2 aromatic heterocycles. The Hall–Kier alpha value is -1.82. The maximum atomic E-state index is 11.7. The van der Waals surface area contributed by atoms with Crippen molar-refractivity contribution in [1.29, 1.82) is 0 Å². The number of likely N-dealkylation sites (N-methyl/N-ethyl adjacent to an activating group) is 1. The van der Waals surface area contributed by atoms with Crippen LogP contribution in [0.15, 0.2) is 30.5 Å². The minimum absolute atomic E-state index is 0. The van der Waals surface area contributed by atoms with Crippen molar-refractivity contribution in [1.82, 2.24) is 24.6 Å². The zero-order valence-electron chi connectivity index (χ0n) is 20.4. The number of rotatable bonds is 4. The van der Waals surface area contributed by atoms with E-state index < -0.39 is 11.4 Å². The van der Waals surface area contributed by atoms with E-state index in [0.29, 0.717) is 29.3 Å². The van der Waals surface area contributed by atoms with Crippen LogP contribution in [-0.4, -0.2) is 63.8 Å². The van der Waals surface area contributed by atoms with E-state index in [0.717, 1.165) is 37.4 Å². The van der Waals surface area contributed by atoms with E-state index in [-0.39, 0.29) is 57.1 Å². The Bertz CT molecular complexity index is 1210. The summed E-state index contributed by atoms with van der Waals surface area (Å²) >= 11 is 0.